The molecule has 0 bridgehead atoms. The number of nitrogens with zero attached hydrogens (tertiary/aromatic N) is 4. The zero-order valence-electron chi connectivity index (χ0n) is 13.2. The van der Waals surface area contributed by atoms with E-state index in [1.54, 1.807) is 0 Å². The second-order valence-corrected chi connectivity index (χ2v) is 6.40. The zero-order valence-corrected chi connectivity index (χ0v) is 13.2. The van der Waals surface area contributed by atoms with Crippen molar-refractivity contribution in [2.45, 2.75) is 79.3 Å². The molecule has 4 heteroatoms. The highest BCUT2D eigenvalue weighted by molar-refractivity contribution is 4.48. The molecule has 0 aliphatic rings. The lowest BCUT2D eigenvalue weighted by atomic mass is 10.1. The van der Waals surface area contributed by atoms with Crippen molar-refractivity contribution in [3.05, 3.63) is 6.33 Å². The highest BCUT2D eigenvalue weighted by Gasteiger charge is 2.07. The third-order valence-corrected chi connectivity index (χ3v) is 3.37. The molecule has 0 saturated heterocycles. The van der Waals surface area contributed by atoms with Crippen LogP contribution >= 0.6 is 0 Å². The Labute approximate surface area is 118 Å². The van der Waals surface area contributed by atoms with Crippen molar-refractivity contribution in [1.29, 1.82) is 0 Å². The Kier molecular flexibility index (Phi) is 7.68. The molecule has 0 unspecified atom stereocenters. The lowest BCUT2D eigenvalue weighted by molar-refractivity contribution is -0.755. The first-order valence-electron chi connectivity index (χ1n) is 7.87. The summed E-state index contributed by atoms with van der Waals surface area (Å²) in [5.74, 6) is 1.60. The minimum absolute atomic E-state index is 0.775. The van der Waals surface area contributed by atoms with Gasteiger partial charge in [0.15, 0.2) is 5.21 Å². The van der Waals surface area contributed by atoms with Crippen molar-refractivity contribution >= 4 is 0 Å². The van der Waals surface area contributed by atoms with Gasteiger partial charge in [0.05, 0.1) is 6.54 Å². The number of hydrogen-bond donors (Lipinski definition) is 0. The molecule has 0 spiro atoms. The van der Waals surface area contributed by atoms with Gasteiger partial charge in [0.2, 0.25) is 6.33 Å². The number of rotatable bonds is 10. The van der Waals surface area contributed by atoms with E-state index in [4.69, 9.17) is 0 Å². The number of aromatic nitrogens is 4. The van der Waals surface area contributed by atoms with Crippen LogP contribution < -0.4 is 4.68 Å². The van der Waals surface area contributed by atoms with Crippen LogP contribution in [0.3, 0.4) is 0 Å². The van der Waals surface area contributed by atoms with Gasteiger partial charge in [-0.3, -0.25) is 0 Å². The van der Waals surface area contributed by atoms with E-state index in [1.807, 2.05) is 15.7 Å². The van der Waals surface area contributed by atoms with Crippen LogP contribution in [-0.2, 0) is 13.1 Å². The van der Waals surface area contributed by atoms with Crippen molar-refractivity contribution in [3.8, 4) is 0 Å². The van der Waals surface area contributed by atoms with Crippen molar-refractivity contribution in [1.82, 2.24) is 15.1 Å². The molecule has 0 radical (unpaired) electrons. The van der Waals surface area contributed by atoms with E-state index in [0.717, 1.165) is 24.9 Å². The molecule has 0 aliphatic carbocycles. The van der Waals surface area contributed by atoms with Crippen LogP contribution in [0.25, 0.3) is 0 Å². The number of aryl methyl sites for hydroxylation is 2. The topological polar surface area (TPSA) is 34.6 Å². The molecule has 0 aromatic carbocycles. The Morgan fingerprint density at radius 3 is 2.32 bits per heavy atom. The lowest BCUT2D eigenvalue weighted by Crippen LogP contribution is -2.35. The molecule has 110 valence electrons. The molecule has 1 aromatic rings. The molecule has 4 nitrogen and oxygen atoms in total. The van der Waals surface area contributed by atoms with E-state index in [2.05, 4.69) is 38.1 Å². The summed E-state index contributed by atoms with van der Waals surface area (Å²) >= 11 is 0. The smallest absolute Gasteiger partial charge is 0.140 e. The van der Waals surface area contributed by atoms with Crippen molar-refractivity contribution in [3.63, 3.8) is 0 Å². The van der Waals surface area contributed by atoms with Crippen LogP contribution in [0, 0.1) is 11.8 Å². The number of tetrazole rings is 1. The van der Waals surface area contributed by atoms with Crippen LogP contribution in [0.4, 0.5) is 0 Å². The fraction of sp³-hybridized carbons (Fsp3) is 0.933. The Balaban J connectivity index is 2.12. The van der Waals surface area contributed by atoms with Crippen LogP contribution in [0.5, 0.6) is 0 Å². The summed E-state index contributed by atoms with van der Waals surface area (Å²) in [7, 11) is 0. The van der Waals surface area contributed by atoms with Crippen LogP contribution in [0.15, 0.2) is 6.33 Å². The molecule has 1 heterocycles. The average molecular weight is 267 g/mol. The first-order chi connectivity index (χ1) is 9.08. The number of hydrogen-bond acceptors (Lipinski definition) is 2. The fourth-order valence-corrected chi connectivity index (χ4v) is 2.17. The zero-order chi connectivity index (χ0) is 14.1. The Bertz CT molecular complexity index is 331. The molecule has 0 amide bonds. The van der Waals surface area contributed by atoms with Crippen LogP contribution in [0.1, 0.15) is 66.2 Å². The molecule has 19 heavy (non-hydrogen) atoms. The SMILES string of the molecule is CC(C)CCCCCn1c[n+](CCCC(C)C)nn1. The first-order valence-corrected chi connectivity index (χ1v) is 7.87. The van der Waals surface area contributed by atoms with Gasteiger partial charge in [-0.1, -0.05) is 51.6 Å². The van der Waals surface area contributed by atoms with E-state index in [-0.39, 0.29) is 0 Å². The molecule has 0 saturated carbocycles. The standard InChI is InChI=1S/C15H31N4/c1-14(2)9-6-5-7-11-18-13-19(17-16-18)12-8-10-15(3)4/h13-15H,5-12H2,1-4H3/q+1. The van der Waals surface area contributed by atoms with Crippen LogP contribution in [0.2, 0.25) is 0 Å². The summed E-state index contributed by atoms with van der Waals surface area (Å²) in [6.45, 7) is 11.1. The van der Waals surface area contributed by atoms with Gasteiger partial charge >= 0.3 is 0 Å². The van der Waals surface area contributed by atoms with Gasteiger partial charge in [-0.2, -0.15) is 0 Å². The fourth-order valence-electron chi connectivity index (χ4n) is 2.17. The third kappa shape index (κ3) is 7.96. The number of unbranched alkanes of at least 4 members (excludes halogenated alkanes) is 2. The van der Waals surface area contributed by atoms with Gasteiger partial charge in [0.25, 0.3) is 0 Å². The van der Waals surface area contributed by atoms with E-state index in [9.17, 15) is 0 Å². The molecular weight excluding hydrogens is 236 g/mol. The van der Waals surface area contributed by atoms with Gasteiger partial charge in [0.1, 0.15) is 11.8 Å². The maximum absolute atomic E-state index is 4.18. The van der Waals surface area contributed by atoms with Gasteiger partial charge in [0, 0.05) is 0 Å². The molecule has 1 rings (SSSR count). The van der Waals surface area contributed by atoms with Gasteiger partial charge in [-0.15, -0.1) is 4.68 Å². The minimum atomic E-state index is 0.775. The molecule has 1 aromatic heterocycles. The molecular formula is C15H31N4+. The average Bonchev–Trinajstić information content (AvgIpc) is 2.76. The van der Waals surface area contributed by atoms with Crippen molar-refractivity contribution in [2.24, 2.45) is 11.8 Å². The van der Waals surface area contributed by atoms with Crippen LogP contribution in [-0.4, -0.2) is 15.1 Å². The summed E-state index contributed by atoms with van der Waals surface area (Å²) in [5.41, 5.74) is 0. The molecule has 0 fully saturated rings. The predicted molar refractivity (Wildman–Crippen MR) is 77.6 cm³/mol. The summed E-state index contributed by atoms with van der Waals surface area (Å²) in [6, 6.07) is 0. The largest absolute Gasteiger partial charge is 0.244 e. The quantitative estimate of drug-likeness (QED) is 0.482. The predicted octanol–water partition coefficient (Wildman–Crippen LogP) is 3.22. The maximum atomic E-state index is 4.18. The first kappa shape index (κ1) is 16.1. The third-order valence-electron chi connectivity index (χ3n) is 3.37. The maximum Gasteiger partial charge on any atom is 0.244 e. The molecule has 0 N–H and O–H groups in total. The minimum Gasteiger partial charge on any atom is -0.140 e. The lowest BCUT2D eigenvalue weighted by Gasteiger charge is -2.02. The summed E-state index contributed by atoms with van der Waals surface area (Å²) < 4.78 is 3.95. The van der Waals surface area contributed by atoms with Crippen molar-refractivity contribution in [2.75, 3.05) is 0 Å². The summed E-state index contributed by atoms with van der Waals surface area (Å²) in [4.78, 5) is 0. The molecule has 0 atom stereocenters. The van der Waals surface area contributed by atoms with Gasteiger partial charge < -0.3 is 0 Å². The Morgan fingerprint density at radius 2 is 1.63 bits per heavy atom. The van der Waals surface area contributed by atoms with E-state index in [1.165, 1.54) is 38.5 Å². The Hall–Kier alpha value is -0.930. The van der Waals surface area contributed by atoms with Gasteiger partial charge in [-0.25, -0.2) is 0 Å². The normalized spacial score (nSPS) is 11.7. The second kappa shape index (κ2) is 9.05. The monoisotopic (exact) mass is 267 g/mol. The summed E-state index contributed by atoms with van der Waals surface area (Å²) in [5, 5.41) is 8.35. The molecule has 0 aliphatic heterocycles. The van der Waals surface area contributed by atoms with E-state index in [0.29, 0.717) is 0 Å². The Morgan fingerprint density at radius 1 is 0.947 bits per heavy atom. The summed E-state index contributed by atoms with van der Waals surface area (Å²) in [6.07, 6.45) is 9.67. The van der Waals surface area contributed by atoms with E-state index >= 15 is 0 Å². The second-order valence-electron chi connectivity index (χ2n) is 6.40. The van der Waals surface area contributed by atoms with Crippen molar-refractivity contribution < 1.29 is 4.68 Å². The van der Waals surface area contributed by atoms with Gasteiger partial charge in [-0.05, 0) is 31.1 Å². The van der Waals surface area contributed by atoms with E-state index < -0.39 is 0 Å². The highest BCUT2D eigenvalue weighted by atomic mass is 15.6. The highest BCUT2D eigenvalue weighted by Crippen LogP contribution is 2.08.